The summed E-state index contributed by atoms with van der Waals surface area (Å²) in [6, 6.07) is 0.208. The summed E-state index contributed by atoms with van der Waals surface area (Å²) in [5, 5.41) is 0. The van der Waals surface area contributed by atoms with E-state index >= 15 is 0 Å². The molecule has 1 rings (SSSR count). The van der Waals surface area contributed by atoms with E-state index in [9.17, 15) is 4.39 Å². The van der Waals surface area contributed by atoms with E-state index in [1.807, 2.05) is 7.05 Å². The third kappa shape index (κ3) is 1.42. The highest BCUT2D eigenvalue weighted by atomic mass is 19.1. The minimum absolute atomic E-state index is 0.180. The number of halogens is 1. The molecule has 0 amide bonds. The highest BCUT2D eigenvalue weighted by molar-refractivity contribution is 4.79. The maximum atomic E-state index is 12.1. The van der Waals surface area contributed by atoms with Gasteiger partial charge in [-0.2, -0.15) is 0 Å². The van der Waals surface area contributed by atoms with Gasteiger partial charge in [0.05, 0.1) is 0 Å². The molecule has 54 valence electrons. The van der Waals surface area contributed by atoms with Crippen LogP contribution in [0.25, 0.3) is 0 Å². The molecule has 0 aromatic heterocycles. The Hall–Kier alpha value is -0.110. The van der Waals surface area contributed by atoms with Gasteiger partial charge in [0, 0.05) is 12.6 Å². The van der Waals surface area contributed by atoms with Gasteiger partial charge in [0.1, 0.15) is 6.67 Å². The van der Waals surface area contributed by atoms with Crippen molar-refractivity contribution in [3.05, 3.63) is 0 Å². The molecule has 1 aliphatic rings. The van der Waals surface area contributed by atoms with Crippen molar-refractivity contribution in [2.24, 2.45) is 5.92 Å². The normalized spacial score (nSPS) is 37.7. The summed E-state index contributed by atoms with van der Waals surface area (Å²) in [5.41, 5.74) is 0. The molecule has 0 spiro atoms. The zero-order valence-corrected chi connectivity index (χ0v) is 6.10. The van der Waals surface area contributed by atoms with Crippen LogP contribution >= 0.6 is 0 Å². The van der Waals surface area contributed by atoms with Gasteiger partial charge in [-0.1, -0.05) is 6.92 Å². The van der Waals surface area contributed by atoms with E-state index in [0.29, 0.717) is 5.92 Å². The number of hydrogen-bond donors (Lipinski definition) is 0. The highest BCUT2D eigenvalue weighted by Crippen LogP contribution is 2.20. The average molecular weight is 131 g/mol. The number of hydrogen-bond acceptors (Lipinski definition) is 1. The molecule has 0 aromatic rings. The van der Waals surface area contributed by atoms with Crippen molar-refractivity contribution in [3.8, 4) is 0 Å². The molecule has 1 nitrogen and oxygen atoms in total. The lowest BCUT2D eigenvalue weighted by Gasteiger charge is -2.14. The zero-order chi connectivity index (χ0) is 6.85. The molecular weight excluding hydrogens is 117 g/mol. The molecule has 1 aliphatic heterocycles. The molecule has 0 N–H and O–H groups in total. The Kier molecular flexibility index (Phi) is 2.06. The van der Waals surface area contributed by atoms with E-state index in [1.54, 1.807) is 0 Å². The standard InChI is InChI=1S/C7H14FN/c1-6-3-7(4-8)9(2)5-6/h6-7H,3-5H2,1-2H3. The molecule has 0 bridgehead atoms. The Morgan fingerprint density at radius 2 is 2.33 bits per heavy atom. The second-order valence-electron chi connectivity index (χ2n) is 3.09. The van der Waals surface area contributed by atoms with Crippen molar-refractivity contribution >= 4 is 0 Å². The first kappa shape index (κ1) is 7.00. The second kappa shape index (κ2) is 2.65. The van der Waals surface area contributed by atoms with Crippen LogP contribution in [0, 0.1) is 5.92 Å². The second-order valence-corrected chi connectivity index (χ2v) is 3.09. The van der Waals surface area contributed by atoms with Gasteiger partial charge in [-0.25, -0.2) is 4.39 Å². The molecule has 1 saturated heterocycles. The predicted molar refractivity (Wildman–Crippen MR) is 36.2 cm³/mol. The Morgan fingerprint density at radius 1 is 1.67 bits per heavy atom. The minimum atomic E-state index is -0.180. The number of rotatable bonds is 1. The lowest BCUT2D eigenvalue weighted by atomic mass is 10.1. The first-order valence-electron chi connectivity index (χ1n) is 3.50. The van der Waals surface area contributed by atoms with Crippen LogP contribution in [0.1, 0.15) is 13.3 Å². The molecule has 0 aliphatic carbocycles. The van der Waals surface area contributed by atoms with E-state index in [0.717, 1.165) is 13.0 Å². The molecule has 2 heteroatoms. The van der Waals surface area contributed by atoms with Gasteiger partial charge < -0.3 is 4.90 Å². The molecule has 9 heavy (non-hydrogen) atoms. The van der Waals surface area contributed by atoms with Crippen LogP contribution in [0.2, 0.25) is 0 Å². The molecule has 0 aromatic carbocycles. The van der Waals surface area contributed by atoms with E-state index in [4.69, 9.17) is 0 Å². The molecule has 2 unspecified atom stereocenters. The van der Waals surface area contributed by atoms with Crippen molar-refractivity contribution in [3.63, 3.8) is 0 Å². The fourth-order valence-corrected chi connectivity index (χ4v) is 1.54. The largest absolute Gasteiger partial charge is 0.301 e. The van der Waals surface area contributed by atoms with Crippen molar-refractivity contribution in [1.29, 1.82) is 0 Å². The first-order valence-corrected chi connectivity index (χ1v) is 3.50. The lowest BCUT2D eigenvalue weighted by molar-refractivity contribution is 0.255. The lowest BCUT2D eigenvalue weighted by Crippen LogP contribution is -2.26. The molecular formula is C7H14FN. The quantitative estimate of drug-likeness (QED) is 0.518. The maximum absolute atomic E-state index is 12.1. The van der Waals surface area contributed by atoms with Crippen molar-refractivity contribution in [2.75, 3.05) is 20.3 Å². The first-order chi connectivity index (χ1) is 4.24. The topological polar surface area (TPSA) is 3.24 Å². The van der Waals surface area contributed by atoms with Gasteiger partial charge >= 0.3 is 0 Å². The van der Waals surface area contributed by atoms with Crippen molar-refractivity contribution in [1.82, 2.24) is 4.90 Å². The third-order valence-corrected chi connectivity index (χ3v) is 2.08. The third-order valence-electron chi connectivity index (χ3n) is 2.08. The summed E-state index contributed by atoms with van der Waals surface area (Å²) in [4.78, 5) is 2.10. The van der Waals surface area contributed by atoms with Crippen LogP contribution in [0.4, 0.5) is 4.39 Å². The monoisotopic (exact) mass is 131 g/mol. The summed E-state index contributed by atoms with van der Waals surface area (Å²) in [5.74, 6) is 0.691. The van der Waals surface area contributed by atoms with Crippen LogP contribution < -0.4 is 0 Å². The smallest absolute Gasteiger partial charge is 0.105 e. The summed E-state index contributed by atoms with van der Waals surface area (Å²) in [6.45, 7) is 3.06. The molecule has 1 fully saturated rings. The highest BCUT2D eigenvalue weighted by Gasteiger charge is 2.25. The van der Waals surface area contributed by atoms with E-state index < -0.39 is 0 Å². The van der Waals surface area contributed by atoms with E-state index in [1.165, 1.54) is 0 Å². The average Bonchev–Trinajstić information content (AvgIpc) is 2.10. The van der Waals surface area contributed by atoms with E-state index in [-0.39, 0.29) is 12.7 Å². The van der Waals surface area contributed by atoms with Crippen LogP contribution in [0.5, 0.6) is 0 Å². The number of alkyl halides is 1. The van der Waals surface area contributed by atoms with Gasteiger partial charge in [-0.05, 0) is 19.4 Å². The van der Waals surface area contributed by atoms with Crippen LogP contribution in [0.3, 0.4) is 0 Å². The Balaban J connectivity index is 2.38. The van der Waals surface area contributed by atoms with Gasteiger partial charge in [-0.15, -0.1) is 0 Å². The molecule has 2 atom stereocenters. The summed E-state index contributed by atoms with van der Waals surface area (Å²) in [6.07, 6.45) is 1.03. The Morgan fingerprint density at radius 3 is 2.56 bits per heavy atom. The van der Waals surface area contributed by atoms with Crippen LogP contribution in [0.15, 0.2) is 0 Å². The number of likely N-dealkylation sites (tertiary alicyclic amines) is 1. The number of nitrogens with zero attached hydrogens (tertiary/aromatic N) is 1. The Labute approximate surface area is 55.8 Å². The molecule has 0 radical (unpaired) electrons. The van der Waals surface area contributed by atoms with Gasteiger partial charge in [0.25, 0.3) is 0 Å². The summed E-state index contributed by atoms with van der Waals surface area (Å²) >= 11 is 0. The predicted octanol–water partition coefficient (Wildman–Crippen LogP) is 1.30. The van der Waals surface area contributed by atoms with Gasteiger partial charge in [-0.3, -0.25) is 0 Å². The van der Waals surface area contributed by atoms with Gasteiger partial charge in [0.15, 0.2) is 0 Å². The van der Waals surface area contributed by atoms with Crippen molar-refractivity contribution in [2.45, 2.75) is 19.4 Å². The van der Waals surface area contributed by atoms with E-state index in [2.05, 4.69) is 11.8 Å². The SMILES string of the molecule is CC1CC(CF)N(C)C1. The summed E-state index contributed by atoms with van der Waals surface area (Å²) < 4.78 is 12.1. The van der Waals surface area contributed by atoms with Gasteiger partial charge in [0.2, 0.25) is 0 Å². The zero-order valence-electron chi connectivity index (χ0n) is 6.10. The molecule has 0 saturated carbocycles. The van der Waals surface area contributed by atoms with Crippen LogP contribution in [-0.4, -0.2) is 31.2 Å². The maximum Gasteiger partial charge on any atom is 0.105 e. The van der Waals surface area contributed by atoms with Crippen LogP contribution in [-0.2, 0) is 0 Å². The minimum Gasteiger partial charge on any atom is -0.301 e. The molecule has 1 heterocycles. The summed E-state index contributed by atoms with van der Waals surface area (Å²) in [7, 11) is 1.99. The fourth-order valence-electron chi connectivity index (χ4n) is 1.54. The Bertz CT molecular complexity index is 94.9. The van der Waals surface area contributed by atoms with Crippen molar-refractivity contribution < 1.29 is 4.39 Å². The fraction of sp³-hybridized carbons (Fsp3) is 1.00.